The summed E-state index contributed by atoms with van der Waals surface area (Å²) in [7, 11) is 3.08. The number of ether oxygens (including phenoxy) is 3. The fourth-order valence-electron chi connectivity index (χ4n) is 3.05. The predicted molar refractivity (Wildman–Crippen MR) is 103 cm³/mol. The van der Waals surface area contributed by atoms with E-state index in [2.05, 4.69) is 10.1 Å². The Morgan fingerprint density at radius 2 is 1.97 bits per heavy atom. The smallest absolute Gasteiger partial charge is 0.327 e. The first-order valence-electron chi connectivity index (χ1n) is 9.25. The lowest BCUT2D eigenvalue weighted by Gasteiger charge is -2.19. The lowest BCUT2D eigenvalue weighted by Crippen LogP contribution is -3.09. The van der Waals surface area contributed by atoms with Crippen LogP contribution in [0.5, 0.6) is 17.4 Å². The van der Waals surface area contributed by atoms with E-state index in [1.54, 1.807) is 19.2 Å². The molecule has 0 bridgehead atoms. The fraction of sp³-hybridized carbons (Fsp3) is 0.421. The van der Waals surface area contributed by atoms with Gasteiger partial charge >= 0.3 is 5.69 Å². The number of methoxy groups -OCH3 is 2. The molecule has 1 aromatic heterocycles. The van der Waals surface area contributed by atoms with Crippen LogP contribution in [0.4, 0.5) is 0 Å². The van der Waals surface area contributed by atoms with Gasteiger partial charge in [0.05, 0.1) is 39.2 Å². The molecule has 2 N–H and O–H groups in total. The predicted octanol–water partition coefficient (Wildman–Crippen LogP) is -1.88. The van der Waals surface area contributed by atoms with Crippen molar-refractivity contribution in [3.8, 4) is 17.4 Å². The summed E-state index contributed by atoms with van der Waals surface area (Å²) in [5.41, 5.74) is -0.779. The fourth-order valence-corrected chi connectivity index (χ4v) is 3.05. The van der Waals surface area contributed by atoms with Crippen molar-refractivity contribution >= 4 is 6.21 Å². The van der Waals surface area contributed by atoms with Gasteiger partial charge in [-0.15, -0.1) is 0 Å². The van der Waals surface area contributed by atoms with E-state index in [1.165, 1.54) is 13.3 Å². The zero-order valence-corrected chi connectivity index (χ0v) is 16.4. The minimum Gasteiger partial charge on any atom is -0.859 e. The molecule has 1 aliphatic rings. The van der Waals surface area contributed by atoms with Gasteiger partial charge in [-0.1, -0.05) is 11.2 Å². The van der Waals surface area contributed by atoms with Crippen LogP contribution in [0.3, 0.4) is 0 Å². The molecule has 10 heteroatoms. The number of H-pyrrole nitrogens is 1. The Labute approximate surface area is 166 Å². The van der Waals surface area contributed by atoms with Crippen molar-refractivity contribution in [2.75, 3.05) is 40.5 Å². The molecule has 0 atom stereocenters. The summed E-state index contributed by atoms with van der Waals surface area (Å²) in [5.74, 6) is 0.490. The third-order valence-electron chi connectivity index (χ3n) is 4.70. The molecule has 156 valence electrons. The lowest BCUT2D eigenvalue weighted by molar-refractivity contribution is -0.914. The number of hydrogen-bond acceptors (Lipinski definition) is 7. The molecular formula is C19H24N4O6. The molecule has 0 amide bonds. The highest BCUT2D eigenvalue weighted by molar-refractivity contribution is 5.81. The summed E-state index contributed by atoms with van der Waals surface area (Å²) in [4.78, 5) is 26.4. The number of rotatable bonds is 7. The van der Waals surface area contributed by atoms with Crippen LogP contribution in [0.15, 0.2) is 32.9 Å². The number of aromatic nitrogens is 2. The zero-order valence-electron chi connectivity index (χ0n) is 16.4. The Balaban J connectivity index is 1.81. The SMILES string of the molecule is COc1ccc(CCn2c([O-])c(C=N[NH+]3CCOCC3)c(=O)[nH]c2=O)cc1OC. The van der Waals surface area contributed by atoms with Gasteiger partial charge in [0.1, 0.15) is 13.1 Å². The number of nitrogens with zero attached hydrogens (tertiary/aromatic N) is 2. The third-order valence-corrected chi connectivity index (χ3v) is 4.70. The van der Waals surface area contributed by atoms with Crippen LogP contribution >= 0.6 is 0 Å². The Morgan fingerprint density at radius 3 is 2.66 bits per heavy atom. The second-order valence-corrected chi connectivity index (χ2v) is 6.51. The van der Waals surface area contributed by atoms with Crippen LogP contribution in [0.1, 0.15) is 11.1 Å². The van der Waals surface area contributed by atoms with Gasteiger partial charge in [0.25, 0.3) is 5.56 Å². The normalized spacial score (nSPS) is 15.0. The lowest BCUT2D eigenvalue weighted by atomic mass is 10.1. The van der Waals surface area contributed by atoms with Crippen LogP contribution < -0.4 is 30.8 Å². The van der Waals surface area contributed by atoms with Crippen molar-refractivity contribution in [1.82, 2.24) is 9.55 Å². The van der Waals surface area contributed by atoms with Crippen LogP contribution in [0.2, 0.25) is 0 Å². The van der Waals surface area contributed by atoms with Crippen molar-refractivity contribution in [3.63, 3.8) is 0 Å². The van der Waals surface area contributed by atoms with Gasteiger partial charge < -0.3 is 23.9 Å². The number of aryl methyl sites for hydroxylation is 1. The quantitative estimate of drug-likeness (QED) is 0.521. The minimum absolute atomic E-state index is 0.106. The molecule has 0 saturated carbocycles. The van der Waals surface area contributed by atoms with Crippen molar-refractivity contribution in [2.24, 2.45) is 5.10 Å². The summed E-state index contributed by atoms with van der Waals surface area (Å²) in [5, 5.41) is 17.8. The van der Waals surface area contributed by atoms with Crippen molar-refractivity contribution in [3.05, 3.63) is 50.2 Å². The van der Waals surface area contributed by atoms with Gasteiger partial charge in [-0.05, 0) is 30.0 Å². The van der Waals surface area contributed by atoms with Gasteiger partial charge in [0.15, 0.2) is 11.5 Å². The maximum absolute atomic E-state index is 12.7. The first-order valence-corrected chi connectivity index (χ1v) is 9.25. The highest BCUT2D eigenvalue weighted by atomic mass is 16.5. The van der Waals surface area contributed by atoms with Crippen LogP contribution in [-0.2, 0) is 17.7 Å². The minimum atomic E-state index is -0.739. The number of quaternary nitrogens is 1. The highest BCUT2D eigenvalue weighted by Crippen LogP contribution is 2.27. The van der Waals surface area contributed by atoms with E-state index in [9.17, 15) is 14.7 Å². The number of aromatic amines is 1. The number of hydrogen-bond donors (Lipinski definition) is 2. The Hall–Kier alpha value is -3.11. The van der Waals surface area contributed by atoms with E-state index in [-0.39, 0.29) is 12.1 Å². The van der Waals surface area contributed by atoms with E-state index in [0.29, 0.717) is 44.2 Å². The molecule has 0 unspecified atom stereocenters. The van der Waals surface area contributed by atoms with Crippen molar-refractivity contribution in [2.45, 2.75) is 13.0 Å². The number of benzene rings is 1. The Bertz CT molecular complexity index is 991. The number of nitrogens with one attached hydrogen (secondary N) is 2. The zero-order chi connectivity index (χ0) is 20.8. The average Bonchev–Trinajstić information content (AvgIpc) is 2.73. The monoisotopic (exact) mass is 404 g/mol. The molecule has 29 heavy (non-hydrogen) atoms. The van der Waals surface area contributed by atoms with Gasteiger partial charge in [0, 0.05) is 6.54 Å². The second-order valence-electron chi connectivity index (χ2n) is 6.51. The van der Waals surface area contributed by atoms with Crippen LogP contribution in [0.25, 0.3) is 0 Å². The molecule has 1 fully saturated rings. The van der Waals surface area contributed by atoms with Gasteiger partial charge in [-0.3, -0.25) is 9.78 Å². The summed E-state index contributed by atoms with van der Waals surface area (Å²) < 4.78 is 16.7. The summed E-state index contributed by atoms with van der Waals surface area (Å²) in [6.45, 7) is 2.55. The van der Waals surface area contributed by atoms with E-state index < -0.39 is 17.1 Å². The molecule has 2 aromatic rings. The first-order chi connectivity index (χ1) is 14.0. The third kappa shape index (κ3) is 4.84. The Morgan fingerprint density at radius 1 is 1.24 bits per heavy atom. The van der Waals surface area contributed by atoms with Crippen LogP contribution in [0, 0.1) is 0 Å². The summed E-state index contributed by atoms with van der Waals surface area (Å²) >= 11 is 0. The average molecular weight is 404 g/mol. The van der Waals surface area contributed by atoms with E-state index in [4.69, 9.17) is 14.2 Å². The standard InChI is InChI=1S/C19H24N4O6/c1-27-15-4-3-13(11-16(15)28-2)5-6-23-18(25)14(17(24)21-19(23)26)12-20-22-7-9-29-10-8-22/h3-4,11-12,25H,5-10H2,1-2H3,(H,21,24,26). The molecular weight excluding hydrogens is 380 g/mol. The molecule has 3 rings (SSSR count). The molecule has 1 saturated heterocycles. The van der Waals surface area contributed by atoms with Crippen molar-refractivity contribution in [1.29, 1.82) is 0 Å². The summed E-state index contributed by atoms with van der Waals surface area (Å²) in [6, 6.07) is 5.36. The summed E-state index contributed by atoms with van der Waals surface area (Å²) in [6.07, 6.45) is 1.64. The number of morpholine rings is 1. The van der Waals surface area contributed by atoms with Gasteiger partial charge in [-0.2, -0.15) is 0 Å². The Kier molecular flexibility index (Phi) is 6.68. The molecule has 10 nitrogen and oxygen atoms in total. The maximum Gasteiger partial charge on any atom is 0.327 e. The van der Waals surface area contributed by atoms with E-state index >= 15 is 0 Å². The van der Waals surface area contributed by atoms with Gasteiger partial charge in [0.2, 0.25) is 0 Å². The molecule has 0 radical (unpaired) electrons. The largest absolute Gasteiger partial charge is 0.859 e. The second kappa shape index (κ2) is 9.39. The molecule has 1 aliphatic heterocycles. The molecule has 1 aromatic carbocycles. The van der Waals surface area contributed by atoms with E-state index in [0.717, 1.165) is 15.1 Å². The highest BCUT2D eigenvalue weighted by Gasteiger charge is 2.13. The van der Waals surface area contributed by atoms with E-state index in [1.807, 2.05) is 6.07 Å². The van der Waals surface area contributed by atoms with Crippen LogP contribution in [-0.4, -0.2) is 56.3 Å². The first kappa shape index (κ1) is 20.6. The molecule has 0 spiro atoms. The topological polar surface area (TPSA) is 122 Å². The van der Waals surface area contributed by atoms with Crippen molar-refractivity contribution < 1.29 is 24.3 Å². The molecule has 0 aliphatic carbocycles. The molecule has 2 heterocycles. The maximum atomic E-state index is 12.7. The van der Waals surface area contributed by atoms with Gasteiger partial charge in [-0.25, -0.2) is 9.80 Å².